The molecule has 0 radical (unpaired) electrons. The van der Waals surface area contributed by atoms with E-state index >= 15 is 0 Å². The Hall–Kier alpha value is -1.51. The molecule has 0 bridgehead atoms. The Morgan fingerprint density at radius 3 is 2.73 bits per heavy atom. The summed E-state index contributed by atoms with van der Waals surface area (Å²) in [7, 11) is 2.07. The van der Waals surface area contributed by atoms with Gasteiger partial charge in [-0.3, -0.25) is 4.79 Å². The van der Waals surface area contributed by atoms with Gasteiger partial charge < -0.3 is 10.6 Å². The highest BCUT2D eigenvalue weighted by atomic mass is 16.1. The molecule has 3 nitrogen and oxygen atoms in total. The van der Waals surface area contributed by atoms with Gasteiger partial charge in [0.25, 0.3) is 0 Å². The molecule has 0 fully saturated rings. The number of hydrogen-bond acceptors (Lipinski definition) is 2. The second kappa shape index (κ2) is 2.99. The van der Waals surface area contributed by atoms with E-state index in [-0.39, 0.29) is 11.3 Å². The van der Waals surface area contributed by atoms with E-state index in [2.05, 4.69) is 25.8 Å². The van der Waals surface area contributed by atoms with E-state index in [4.69, 9.17) is 5.73 Å². The van der Waals surface area contributed by atoms with Crippen molar-refractivity contribution in [2.75, 3.05) is 18.5 Å². The highest BCUT2D eigenvalue weighted by Crippen LogP contribution is 2.39. The maximum Gasteiger partial charge on any atom is 0.248 e. The second-order valence-electron chi connectivity index (χ2n) is 4.84. The number of nitrogens with zero attached hydrogens (tertiary/aromatic N) is 1. The molecule has 15 heavy (non-hydrogen) atoms. The van der Waals surface area contributed by atoms with Gasteiger partial charge in [-0.2, -0.15) is 0 Å². The molecule has 1 aromatic carbocycles. The summed E-state index contributed by atoms with van der Waals surface area (Å²) in [5.74, 6) is -0.358. The van der Waals surface area contributed by atoms with Gasteiger partial charge in [0.15, 0.2) is 0 Å². The smallest absolute Gasteiger partial charge is 0.248 e. The number of primary amides is 1. The number of carbonyl (C=O) groups is 1. The number of anilines is 1. The van der Waals surface area contributed by atoms with Crippen LogP contribution in [0.4, 0.5) is 5.69 Å². The molecule has 1 aliphatic rings. The molecule has 1 amide bonds. The van der Waals surface area contributed by atoms with Crippen LogP contribution >= 0.6 is 0 Å². The first-order valence-electron chi connectivity index (χ1n) is 5.07. The van der Waals surface area contributed by atoms with Gasteiger partial charge in [-0.15, -0.1) is 0 Å². The van der Waals surface area contributed by atoms with Crippen LogP contribution in [-0.2, 0) is 5.41 Å². The highest BCUT2D eigenvalue weighted by Gasteiger charge is 2.33. The number of rotatable bonds is 1. The molecule has 2 N–H and O–H groups in total. The molecule has 0 saturated carbocycles. The number of benzene rings is 1. The van der Waals surface area contributed by atoms with Gasteiger partial charge in [0.1, 0.15) is 0 Å². The Kier molecular flexibility index (Phi) is 2.00. The number of hydrogen-bond donors (Lipinski definition) is 1. The third kappa shape index (κ3) is 1.48. The van der Waals surface area contributed by atoms with E-state index in [1.54, 1.807) is 6.07 Å². The maximum atomic E-state index is 11.1. The zero-order chi connectivity index (χ0) is 11.2. The molecule has 0 aliphatic carbocycles. The van der Waals surface area contributed by atoms with Crippen molar-refractivity contribution in [3.63, 3.8) is 0 Å². The Bertz CT molecular complexity index is 424. The van der Waals surface area contributed by atoms with E-state index in [9.17, 15) is 4.79 Å². The summed E-state index contributed by atoms with van der Waals surface area (Å²) in [5.41, 5.74) is 8.37. The van der Waals surface area contributed by atoms with Crippen molar-refractivity contribution in [1.29, 1.82) is 0 Å². The molecule has 1 aromatic rings. The van der Waals surface area contributed by atoms with Crippen LogP contribution in [0.1, 0.15) is 29.8 Å². The van der Waals surface area contributed by atoms with Crippen molar-refractivity contribution in [3.05, 3.63) is 29.3 Å². The van der Waals surface area contributed by atoms with Gasteiger partial charge in [-0.05, 0) is 23.8 Å². The topological polar surface area (TPSA) is 46.3 Å². The predicted octanol–water partition coefficient (Wildman–Crippen LogP) is 1.51. The molecular formula is C12H16N2O. The van der Waals surface area contributed by atoms with Crippen molar-refractivity contribution >= 4 is 11.6 Å². The first-order valence-corrected chi connectivity index (χ1v) is 5.07. The molecule has 2 rings (SSSR count). The van der Waals surface area contributed by atoms with Crippen LogP contribution in [0.15, 0.2) is 18.2 Å². The molecule has 80 valence electrons. The van der Waals surface area contributed by atoms with E-state index in [0.717, 1.165) is 6.54 Å². The fraction of sp³-hybridized carbons (Fsp3) is 0.417. The molecule has 0 unspecified atom stereocenters. The largest absolute Gasteiger partial charge is 0.373 e. The van der Waals surface area contributed by atoms with Crippen LogP contribution in [0.3, 0.4) is 0 Å². The highest BCUT2D eigenvalue weighted by molar-refractivity contribution is 5.93. The van der Waals surface area contributed by atoms with E-state index in [0.29, 0.717) is 5.56 Å². The summed E-state index contributed by atoms with van der Waals surface area (Å²) >= 11 is 0. The van der Waals surface area contributed by atoms with Crippen LogP contribution in [-0.4, -0.2) is 19.5 Å². The fourth-order valence-electron chi connectivity index (χ4n) is 2.33. The van der Waals surface area contributed by atoms with Gasteiger partial charge in [-0.25, -0.2) is 0 Å². The summed E-state index contributed by atoms with van der Waals surface area (Å²) < 4.78 is 0. The molecule has 3 heteroatoms. The number of nitrogens with two attached hydrogens (primary N) is 1. The fourth-order valence-corrected chi connectivity index (χ4v) is 2.33. The summed E-state index contributed by atoms with van der Waals surface area (Å²) in [6.07, 6.45) is 0. The second-order valence-corrected chi connectivity index (χ2v) is 4.84. The molecule has 0 aromatic heterocycles. The predicted molar refractivity (Wildman–Crippen MR) is 61.3 cm³/mol. The quantitative estimate of drug-likeness (QED) is 0.753. The Balaban J connectivity index is 2.57. The zero-order valence-electron chi connectivity index (χ0n) is 9.37. The number of carbonyl (C=O) groups excluding carboxylic acids is 1. The van der Waals surface area contributed by atoms with Gasteiger partial charge in [0, 0.05) is 30.3 Å². The standard InChI is InChI=1S/C12H16N2O/c1-12(2)7-14(3)10-5-4-8(11(13)15)6-9(10)12/h4-6H,7H2,1-3H3,(H2,13,15). The van der Waals surface area contributed by atoms with Crippen molar-refractivity contribution in [2.45, 2.75) is 19.3 Å². The maximum absolute atomic E-state index is 11.1. The number of likely N-dealkylation sites (N-methyl/N-ethyl adjacent to an activating group) is 1. The normalized spacial score (nSPS) is 17.7. The van der Waals surface area contributed by atoms with Crippen LogP contribution in [0, 0.1) is 0 Å². The third-order valence-electron chi connectivity index (χ3n) is 3.05. The first-order chi connectivity index (χ1) is 6.92. The minimum atomic E-state index is -0.358. The van der Waals surface area contributed by atoms with Crippen molar-refractivity contribution in [2.24, 2.45) is 5.73 Å². The monoisotopic (exact) mass is 204 g/mol. The van der Waals surface area contributed by atoms with Crippen LogP contribution in [0.25, 0.3) is 0 Å². The summed E-state index contributed by atoms with van der Waals surface area (Å²) in [6, 6.07) is 5.68. The number of amides is 1. The molecule has 0 atom stereocenters. The Morgan fingerprint density at radius 1 is 1.47 bits per heavy atom. The molecule has 1 aliphatic heterocycles. The zero-order valence-corrected chi connectivity index (χ0v) is 9.37. The van der Waals surface area contributed by atoms with Crippen molar-refractivity contribution < 1.29 is 4.79 Å². The van der Waals surface area contributed by atoms with Gasteiger partial charge in [0.05, 0.1) is 0 Å². The summed E-state index contributed by atoms with van der Waals surface area (Å²) in [4.78, 5) is 13.3. The van der Waals surface area contributed by atoms with Crippen LogP contribution < -0.4 is 10.6 Å². The molecule has 0 saturated heterocycles. The first kappa shape index (κ1) is 10.0. The van der Waals surface area contributed by atoms with Crippen molar-refractivity contribution in [3.8, 4) is 0 Å². The lowest BCUT2D eigenvalue weighted by atomic mass is 9.86. The van der Waals surface area contributed by atoms with E-state index < -0.39 is 0 Å². The van der Waals surface area contributed by atoms with Gasteiger partial charge in [-0.1, -0.05) is 13.8 Å². The van der Waals surface area contributed by atoms with E-state index in [1.165, 1.54) is 11.3 Å². The molecular weight excluding hydrogens is 188 g/mol. The summed E-state index contributed by atoms with van der Waals surface area (Å²) in [5, 5.41) is 0. The average Bonchev–Trinajstić information content (AvgIpc) is 2.37. The van der Waals surface area contributed by atoms with Crippen molar-refractivity contribution in [1.82, 2.24) is 0 Å². The lowest BCUT2D eigenvalue weighted by Gasteiger charge is -2.18. The van der Waals surface area contributed by atoms with Crippen LogP contribution in [0.5, 0.6) is 0 Å². The minimum absolute atomic E-state index is 0.0928. The third-order valence-corrected chi connectivity index (χ3v) is 3.05. The SMILES string of the molecule is CN1CC(C)(C)c2cc(C(N)=O)ccc21. The van der Waals surface area contributed by atoms with Crippen LogP contribution in [0.2, 0.25) is 0 Å². The Morgan fingerprint density at radius 2 is 2.13 bits per heavy atom. The number of fused-ring (bicyclic) bond motifs is 1. The summed E-state index contributed by atoms with van der Waals surface area (Å²) in [6.45, 7) is 5.34. The van der Waals surface area contributed by atoms with E-state index in [1.807, 2.05) is 12.1 Å². The Labute approximate surface area is 89.9 Å². The lowest BCUT2D eigenvalue weighted by molar-refractivity contribution is 0.1000. The molecule has 0 spiro atoms. The lowest BCUT2D eigenvalue weighted by Crippen LogP contribution is -2.25. The van der Waals surface area contributed by atoms with Gasteiger partial charge in [0.2, 0.25) is 5.91 Å². The van der Waals surface area contributed by atoms with Gasteiger partial charge >= 0.3 is 0 Å². The average molecular weight is 204 g/mol. The molecule has 1 heterocycles. The minimum Gasteiger partial charge on any atom is -0.373 e.